The first-order chi connectivity index (χ1) is 9.21. The summed E-state index contributed by atoms with van der Waals surface area (Å²) in [5.41, 5.74) is 0.739. The van der Waals surface area contributed by atoms with E-state index >= 15 is 0 Å². The van der Waals surface area contributed by atoms with Crippen molar-refractivity contribution >= 4 is 17.2 Å². The van der Waals surface area contributed by atoms with Crippen LogP contribution in [0.25, 0.3) is 0 Å². The van der Waals surface area contributed by atoms with Gasteiger partial charge >= 0.3 is 0 Å². The van der Waals surface area contributed by atoms with E-state index in [-0.39, 0.29) is 5.91 Å². The normalized spacial score (nSPS) is 20.6. The van der Waals surface area contributed by atoms with Gasteiger partial charge in [-0.05, 0) is 56.6 Å². The van der Waals surface area contributed by atoms with Crippen LogP contribution in [0.1, 0.15) is 59.6 Å². The summed E-state index contributed by atoms with van der Waals surface area (Å²) in [5.74, 6) is -0.0653. The van der Waals surface area contributed by atoms with Crippen molar-refractivity contribution in [2.75, 3.05) is 6.54 Å². The average molecular weight is 295 g/mol. The van der Waals surface area contributed by atoms with Crippen LogP contribution in [-0.4, -0.2) is 23.2 Å². The molecule has 1 amide bonds. The van der Waals surface area contributed by atoms with Crippen LogP contribution in [0.4, 0.5) is 0 Å². The lowest BCUT2D eigenvalue weighted by Gasteiger charge is -2.40. The molecule has 0 aromatic carbocycles. The Balaban J connectivity index is 1.90. The van der Waals surface area contributed by atoms with Gasteiger partial charge in [-0.15, -0.1) is 11.3 Å². The lowest BCUT2D eigenvalue weighted by Crippen LogP contribution is -2.46. The fourth-order valence-corrected chi connectivity index (χ4v) is 3.54. The molecule has 1 aliphatic rings. The van der Waals surface area contributed by atoms with E-state index in [9.17, 15) is 9.90 Å². The highest BCUT2D eigenvalue weighted by molar-refractivity contribution is 7.14. The summed E-state index contributed by atoms with van der Waals surface area (Å²) >= 11 is 1.51. The summed E-state index contributed by atoms with van der Waals surface area (Å²) in [6.45, 7) is 8.87. The highest BCUT2D eigenvalue weighted by Crippen LogP contribution is 2.39. The van der Waals surface area contributed by atoms with Gasteiger partial charge < -0.3 is 10.4 Å². The summed E-state index contributed by atoms with van der Waals surface area (Å²) < 4.78 is 0. The van der Waals surface area contributed by atoms with Gasteiger partial charge in [0.15, 0.2) is 0 Å². The Bertz CT molecular complexity index is 475. The molecule has 3 nitrogen and oxygen atoms in total. The van der Waals surface area contributed by atoms with Crippen LogP contribution in [0.5, 0.6) is 0 Å². The Morgan fingerprint density at radius 2 is 1.90 bits per heavy atom. The highest BCUT2D eigenvalue weighted by Gasteiger charge is 2.36. The molecule has 1 aliphatic carbocycles. The van der Waals surface area contributed by atoms with Gasteiger partial charge in [0.2, 0.25) is 0 Å². The van der Waals surface area contributed by atoms with Gasteiger partial charge in [0.05, 0.1) is 10.5 Å². The van der Waals surface area contributed by atoms with E-state index in [4.69, 9.17) is 0 Å². The first kappa shape index (κ1) is 15.5. The smallest absolute Gasteiger partial charge is 0.261 e. The third kappa shape index (κ3) is 3.61. The van der Waals surface area contributed by atoms with E-state index in [0.29, 0.717) is 12.0 Å². The predicted octanol–water partition coefficient (Wildman–Crippen LogP) is 3.43. The van der Waals surface area contributed by atoms with Crippen molar-refractivity contribution in [3.8, 4) is 0 Å². The van der Waals surface area contributed by atoms with Crippen LogP contribution < -0.4 is 5.32 Å². The van der Waals surface area contributed by atoms with Crippen molar-refractivity contribution in [3.63, 3.8) is 0 Å². The second-order valence-electron chi connectivity index (χ2n) is 6.92. The first-order valence-electron chi connectivity index (χ1n) is 7.28. The number of nitrogens with one attached hydrogen (secondary N) is 1. The molecule has 0 aliphatic heterocycles. The predicted molar refractivity (Wildman–Crippen MR) is 83.3 cm³/mol. The van der Waals surface area contributed by atoms with Gasteiger partial charge in [-0.3, -0.25) is 4.79 Å². The Hall–Kier alpha value is -0.870. The molecule has 1 aromatic rings. The van der Waals surface area contributed by atoms with Crippen LogP contribution >= 0.6 is 11.3 Å². The third-order valence-corrected chi connectivity index (χ3v) is 5.65. The van der Waals surface area contributed by atoms with Crippen molar-refractivity contribution < 1.29 is 9.90 Å². The lowest BCUT2D eigenvalue weighted by atomic mass is 9.71. The maximum absolute atomic E-state index is 12.1. The SMILES string of the molecule is Cc1cc(C(=O)NCC2(O)CCC(C)(C)CC2)sc1C. The maximum atomic E-state index is 12.1. The van der Waals surface area contributed by atoms with Crippen LogP contribution in [0.2, 0.25) is 0 Å². The second kappa shape index (κ2) is 5.49. The van der Waals surface area contributed by atoms with E-state index in [0.717, 1.165) is 36.1 Å². The molecule has 1 heterocycles. The zero-order chi connectivity index (χ0) is 15.0. The van der Waals surface area contributed by atoms with Crippen molar-refractivity contribution in [3.05, 3.63) is 21.4 Å². The number of amides is 1. The van der Waals surface area contributed by atoms with Crippen LogP contribution in [-0.2, 0) is 0 Å². The molecule has 0 spiro atoms. The molecule has 0 saturated heterocycles. The van der Waals surface area contributed by atoms with Crippen molar-refractivity contribution in [2.45, 2.75) is 59.0 Å². The van der Waals surface area contributed by atoms with Crippen LogP contribution in [0, 0.1) is 19.3 Å². The number of thiophene rings is 1. The fourth-order valence-electron chi connectivity index (χ4n) is 2.59. The zero-order valence-corrected chi connectivity index (χ0v) is 13.7. The molecule has 0 radical (unpaired) electrons. The molecule has 0 unspecified atom stereocenters. The molecule has 4 heteroatoms. The Morgan fingerprint density at radius 1 is 1.30 bits per heavy atom. The Morgan fingerprint density at radius 3 is 2.40 bits per heavy atom. The zero-order valence-electron chi connectivity index (χ0n) is 12.9. The number of aliphatic hydroxyl groups is 1. The molecule has 1 saturated carbocycles. The van der Waals surface area contributed by atoms with Gasteiger partial charge in [-0.1, -0.05) is 13.8 Å². The number of hydrogen-bond donors (Lipinski definition) is 2. The summed E-state index contributed by atoms with van der Waals surface area (Å²) in [4.78, 5) is 14.0. The molecule has 2 N–H and O–H groups in total. The fraction of sp³-hybridized carbons (Fsp3) is 0.688. The monoisotopic (exact) mass is 295 g/mol. The average Bonchev–Trinajstić information content (AvgIpc) is 2.71. The quantitative estimate of drug-likeness (QED) is 0.897. The third-order valence-electron chi connectivity index (χ3n) is 4.50. The van der Waals surface area contributed by atoms with E-state index in [1.165, 1.54) is 16.2 Å². The van der Waals surface area contributed by atoms with E-state index in [2.05, 4.69) is 19.2 Å². The van der Waals surface area contributed by atoms with E-state index in [1.807, 2.05) is 19.9 Å². The van der Waals surface area contributed by atoms with Gasteiger partial charge in [0.1, 0.15) is 0 Å². The van der Waals surface area contributed by atoms with Gasteiger partial charge in [0, 0.05) is 11.4 Å². The van der Waals surface area contributed by atoms with Crippen LogP contribution in [0.3, 0.4) is 0 Å². The number of carbonyl (C=O) groups is 1. The number of carbonyl (C=O) groups excluding carboxylic acids is 1. The number of rotatable bonds is 3. The lowest BCUT2D eigenvalue weighted by molar-refractivity contribution is -0.0232. The molecule has 0 bridgehead atoms. The topological polar surface area (TPSA) is 49.3 Å². The number of aryl methyl sites for hydroxylation is 2. The van der Waals surface area contributed by atoms with Crippen molar-refractivity contribution in [1.29, 1.82) is 0 Å². The van der Waals surface area contributed by atoms with Crippen molar-refractivity contribution in [2.24, 2.45) is 5.41 Å². The summed E-state index contributed by atoms with van der Waals surface area (Å²) in [6.07, 6.45) is 3.55. The standard InChI is InChI=1S/C16H25NO2S/c1-11-9-13(20-12(11)2)14(18)17-10-16(19)7-5-15(3,4)6-8-16/h9,19H,5-8,10H2,1-4H3,(H,17,18). The number of hydrogen-bond acceptors (Lipinski definition) is 3. The first-order valence-corrected chi connectivity index (χ1v) is 8.10. The van der Waals surface area contributed by atoms with Crippen LogP contribution in [0.15, 0.2) is 6.07 Å². The molecular weight excluding hydrogens is 270 g/mol. The minimum absolute atomic E-state index is 0.0653. The molecular formula is C16H25NO2S. The highest BCUT2D eigenvalue weighted by atomic mass is 32.1. The second-order valence-corrected chi connectivity index (χ2v) is 8.18. The maximum Gasteiger partial charge on any atom is 0.261 e. The van der Waals surface area contributed by atoms with Gasteiger partial charge in [-0.2, -0.15) is 0 Å². The van der Waals surface area contributed by atoms with Gasteiger partial charge in [0.25, 0.3) is 5.91 Å². The molecule has 1 fully saturated rings. The van der Waals surface area contributed by atoms with E-state index in [1.54, 1.807) is 0 Å². The van der Waals surface area contributed by atoms with Crippen molar-refractivity contribution in [1.82, 2.24) is 5.32 Å². The van der Waals surface area contributed by atoms with E-state index < -0.39 is 5.60 Å². The summed E-state index contributed by atoms with van der Waals surface area (Å²) in [5, 5.41) is 13.4. The largest absolute Gasteiger partial charge is 0.388 e. The molecule has 1 aromatic heterocycles. The summed E-state index contributed by atoms with van der Waals surface area (Å²) in [6, 6.07) is 1.92. The molecule has 112 valence electrons. The summed E-state index contributed by atoms with van der Waals surface area (Å²) in [7, 11) is 0. The molecule has 20 heavy (non-hydrogen) atoms. The Labute approximate surface area is 125 Å². The minimum Gasteiger partial charge on any atom is -0.388 e. The molecule has 2 rings (SSSR count). The Kier molecular flexibility index (Phi) is 4.26. The van der Waals surface area contributed by atoms with Gasteiger partial charge in [-0.25, -0.2) is 0 Å². The molecule has 0 atom stereocenters. The minimum atomic E-state index is -0.730.